The van der Waals surface area contributed by atoms with Gasteiger partial charge in [-0.2, -0.15) is 0 Å². The Bertz CT molecular complexity index is 861. The summed E-state index contributed by atoms with van der Waals surface area (Å²) in [4.78, 5) is 33.4. The van der Waals surface area contributed by atoms with Crippen molar-refractivity contribution in [1.29, 1.82) is 0 Å². The quantitative estimate of drug-likeness (QED) is 0.795. The van der Waals surface area contributed by atoms with E-state index in [0.717, 1.165) is 18.5 Å². The molecule has 1 aromatic heterocycles. The van der Waals surface area contributed by atoms with Gasteiger partial charge in [-0.1, -0.05) is 12.1 Å². The summed E-state index contributed by atoms with van der Waals surface area (Å²) in [7, 11) is 0. The largest absolute Gasteiger partial charge is 0.484 e. The van der Waals surface area contributed by atoms with Gasteiger partial charge in [0.2, 0.25) is 5.91 Å². The predicted octanol–water partition coefficient (Wildman–Crippen LogP) is 2.25. The predicted molar refractivity (Wildman–Crippen MR) is 99.8 cm³/mol. The Morgan fingerprint density at radius 2 is 2.07 bits per heavy atom. The molecule has 2 atom stereocenters. The molecule has 2 amide bonds. The van der Waals surface area contributed by atoms with E-state index in [1.807, 2.05) is 23.1 Å². The highest BCUT2D eigenvalue weighted by Gasteiger charge is 2.41. The van der Waals surface area contributed by atoms with Gasteiger partial charge in [0.25, 0.3) is 5.91 Å². The summed E-state index contributed by atoms with van der Waals surface area (Å²) >= 11 is 0. The average Bonchev–Trinajstić information content (AvgIpc) is 3.00. The zero-order valence-electron chi connectivity index (χ0n) is 15.5. The topological polar surface area (TPSA) is 62.7 Å². The van der Waals surface area contributed by atoms with Crippen molar-refractivity contribution in [1.82, 2.24) is 14.8 Å². The van der Waals surface area contributed by atoms with Crippen LogP contribution < -0.4 is 4.74 Å². The fraction of sp³-hybridized carbons (Fsp3) is 0.381. The molecule has 6 nitrogen and oxygen atoms in total. The van der Waals surface area contributed by atoms with Crippen molar-refractivity contribution in [2.45, 2.75) is 25.4 Å². The van der Waals surface area contributed by atoms with Crippen LogP contribution in [0.15, 0.2) is 48.7 Å². The first kappa shape index (κ1) is 18.4. The number of benzene rings is 1. The second kappa shape index (κ2) is 7.96. The van der Waals surface area contributed by atoms with Gasteiger partial charge in [-0.15, -0.1) is 0 Å². The molecule has 3 aliphatic rings. The standard InChI is InChI=1S/C21H22FN3O3/c22-16-4-3-6-19(10-16)28-14-20(26)24-11-15-7-8-18(13-24)25(21(15)27)12-17-5-1-2-9-23-17/h1-6,9-10,15,18H,7-8,11-14H2/t15-,18+/m0/s1. The van der Waals surface area contributed by atoms with E-state index in [1.54, 1.807) is 17.2 Å². The fourth-order valence-electron chi connectivity index (χ4n) is 3.91. The van der Waals surface area contributed by atoms with Crippen molar-refractivity contribution in [2.75, 3.05) is 19.7 Å². The van der Waals surface area contributed by atoms with E-state index in [0.29, 0.717) is 25.4 Å². The normalized spacial score (nSPS) is 21.5. The van der Waals surface area contributed by atoms with Gasteiger partial charge in [-0.05, 0) is 37.1 Å². The van der Waals surface area contributed by atoms with Crippen LogP contribution in [0.25, 0.3) is 0 Å². The van der Waals surface area contributed by atoms with Gasteiger partial charge in [0, 0.05) is 31.4 Å². The van der Waals surface area contributed by atoms with Gasteiger partial charge in [0.1, 0.15) is 11.6 Å². The van der Waals surface area contributed by atoms with Crippen LogP contribution in [0.3, 0.4) is 0 Å². The Morgan fingerprint density at radius 1 is 1.18 bits per heavy atom. The summed E-state index contributed by atoms with van der Waals surface area (Å²) in [6.45, 7) is 1.18. The van der Waals surface area contributed by atoms with Gasteiger partial charge < -0.3 is 14.5 Å². The molecule has 28 heavy (non-hydrogen) atoms. The lowest BCUT2D eigenvalue weighted by molar-refractivity contribution is -0.140. The molecule has 3 aliphatic heterocycles. The molecule has 0 radical (unpaired) electrons. The Morgan fingerprint density at radius 3 is 2.86 bits per heavy atom. The highest BCUT2D eigenvalue weighted by Crippen LogP contribution is 2.30. The number of pyridine rings is 1. The first-order valence-corrected chi connectivity index (χ1v) is 9.46. The van der Waals surface area contributed by atoms with Gasteiger partial charge in [0.15, 0.2) is 6.61 Å². The molecular formula is C21H22FN3O3. The number of aromatic nitrogens is 1. The van der Waals surface area contributed by atoms with Gasteiger partial charge in [0.05, 0.1) is 18.2 Å². The summed E-state index contributed by atoms with van der Waals surface area (Å²) in [6, 6.07) is 11.4. The summed E-state index contributed by atoms with van der Waals surface area (Å²) in [6.07, 6.45) is 3.38. The highest BCUT2D eigenvalue weighted by molar-refractivity contribution is 5.83. The Balaban J connectivity index is 1.42. The maximum atomic E-state index is 13.3. The molecule has 146 valence electrons. The van der Waals surface area contributed by atoms with Crippen molar-refractivity contribution < 1.29 is 18.7 Å². The van der Waals surface area contributed by atoms with Crippen LogP contribution in [0.5, 0.6) is 5.75 Å². The summed E-state index contributed by atoms with van der Waals surface area (Å²) in [5.74, 6) is -0.384. The van der Waals surface area contributed by atoms with Crippen molar-refractivity contribution >= 4 is 11.8 Å². The van der Waals surface area contributed by atoms with Crippen LogP contribution in [0.1, 0.15) is 18.5 Å². The molecule has 1 aromatic carbocycles. The molecule has 0 unspecified atom stereocenters. The lowest BCUT2D eigenvalue weighted by atomic mass is 9.94. The number of piperidine rings is 1. The number of hydrogen-bond donors (Lipinski definition) is 0. The molecule has 0 saturated carbocycles. The van der Waals surface area contributed by atoms with Gasteiger partial charge in [-0.3, -0.25) is 14.6 Å². The van der Waals surface area contributed by atoms with Crippen molar-refractivity contribution in [2.24, 2.45) is 5.92 Å². The summed E-state index contributed by atoms with van der Waals surface area (Å²) < 4.78 is 18.7. The molecule has 7 heteroatoms. The lowest BCUT2D eigenvalue weighted by Gasteiger charge is -2.35. The molecule has 5 rings (SSSR count). The second-order valence-corrected chi connectivity index (χ2v) is 7.26. The van der Waals surface area contributed by atoms with Crippen LogP contribution >= 0.6 is 0 Å². The highest BCUT2D eigenvalue weighted by atomic mass is 19.1. The van der Waals surface area contributed by atoms with Crippen LogP contribution in [0.2, 0.25) is 0 Å². The van der Waals surface area contributed by atoms with E-state index in [4.69, 9.17) is 4.74 Å². The van der Waals surface area contributed by atoms with Crippen LogP contribution in [-0.2, 0) is 16.1 Å². The number of halogens is 1. The van der Waals surface area contributed by atoms with Crippen molar-refractivity contribution in [3.8, 4) is 5.75 Å². The number of carbonyl (C=O) groups is 2. The van der Waals surface area contributed by atoms with Crippen molar-refractivity contribution in [3.63, 3.8) is 0 Å². The van der Waals surface area contributed by atoms with Crippen LogP contribution in [0, 0.1) is 11.7 Å². The third kappa shape index (κ3) is 3.98. The lowest BCUT2D eigenvalue weighted by Crippen LogP contribution is -2.47. The number of nitrogens with zero attached hydrogens (tertiary/aromatic N) is 3. The molecule has 2 aromatic rings. The van der Waals surface area contributed by atoms with E-state index in [2.05, 4.69) is 4.98 Å². The minimum atomic E-state index is -0.409. The van der Waals surface area contributed by atoms with E-state index < -0.39 is 5.82 Å². The number of rotatable bonds is 5. The van der Waals surface area contributed by atoms with E-state index in [9.17, 15) is 14.0 Å². The van der Waals surface area contributed by atoms with E-state index in [-0.39, 0.29) is 30.4 Å². The smallest absolute Gasteiger partial charge is 0.260 e. The first-order chi connectivity index (χ1) is 13.6. The average molecular weight is 383 g/mol. The van der Waals surface area contributed by atoms with Gasteiger partial charge >= 0.3 is 0 Å². The Labute approximate surface area is 162 Å². The molecule has 2 bridgehead atoms. The number of carbonyl (C=O) groups excluding carboxylic acids is 2. The number of hydrogen-bond acceptors (Lipinski definition) is 4. The molecular weight excluding hydrogens is 361 g/mol. The Hall–Kier alpha value is -2.96. The van der Waals surface area contributed by atoms with Crippen LogP contribution in [-0.4, -0.2) is 52.3 Å². The molecule has 3 fully saturated rings. The maximum Gasteiger partial charge on any atom is 0.260 e. The third-order valence-electron chi connectivity index (χ3n) is 5.36. The van der Waals surface area contributed by atoms with Gasteiger partial charge in [-0.25, -0.2) is 4.39 Å². The minimum Gasteiger partial charge on any atom is -0.484 e. The first-order valence-electron chi connectivity index (χ1n) is 9.46. The maximum absolute atomic E-state index is 13.3. The number of fused-ring (bicyclic) bond motifs is 4. The number of amides is 2. The Kier molecular flexibility index (Phi) is 5.23. The molecule has 3 saturated heterocycles. The minimum absolute atomic E-state index is 0.0219. The molecule has 0 N–H and O–H groups in total. The fourth-order valence-corrected chi connectivity index (χ4v) is 3.91. The SMILES string of the molecule is O=C(COc1cccc(F)c1)N1C[C@@H]2CC[C@H](C1)N(Cc1ccccn1)C2=O. The molecule has 4 heterocycles. The third-order valence-corrected chi connectivity index (χ3v) is 5.36. The molecule has 0 spiro atoms. The second-order valence-electron chi connectivity index (χ2n) is 7.26. The summed E-state index contributed by atoms with van der Waals surface area (Å²) in [5, 5.41) is 0. The zero-order chi connectivity index (χ0) is 19.5. The van der Waals surface area contributed by atoms with Crippen LogP contribution in [0.4, 0.5) is 4.39 Å². The monoisotopic (exact) mass is 383 g/mol. The zero-order valence-corrected chi connectivity index (χ0v) is 15.5. The van der Waals surface area contributed by atoms with E-state index >= 15 is 0 Å². The van der Waals surface area contributed by atoms with Crippen molar-refractivity contribution in [3.05, 3.63) is 60.2 Å². The number of ether oxygens (including phenoxy) is 1. The van der Waals surface area contributed by atoms with E-state index in [1.165, 1.54) is 18.2 Å². The molecule has 0 aliphatic carbocycles. The summed E-state index contributed by atoms with van der Waals surface area (Å²) in [5.41, 5.74) is 0.843.